The van der Waals surface area contributed by atoms with Gasteiger partial charge in [0.2, 0.25) is 5.89 Å². The van der Waals surface area contributed by atoms with Crippen molar-refractivity contribution < 1.29 is 4.42 Å². The van der Waals surface area contributed by atoms with E-state index in [1.54, 1.807) is 6.20 Å². The maximum atomic E-state index is 5.87. The summed E-state index contributed by atoms with van der Waals surface area (Å²) >= 11 is 0. The smallest absolute Gasteiger partial charge is 0.247 e. The Balaban J connectivity index is 1.29. The first-order valence-corrected chi connectivity index (χ1v) is 11.6. The van der Waals surface area contributed by atoms with Gasteiger partial charge in [-0.15, -0.1) is 0 Å². The molecule has 0 unspecified atom stereocenters. The SMILES string of the molecule is Cc1cnc(-c2nn(C(C)C)c3c2CN(C2CCN(Cc4ccccc4)CC2)CC3)o1. The third-order valence-electron chi connectivity index (χ3n) is 6.75. The van der Waals surface area contributed by atoms with Crippen LogP contribution in [-0.2, 0) is 19.5 Å². The summed E-state index contributed by atoms with van der Waals surface area (Å²) < 4.78 is 8.05. The number of hydrogen-bond acceptors (Lipinski definition) is 5. The van der Waals surface area contributed by atoms with E-state index in [0.717, 1.165) is 37.5 Å². The van der Waals surface area contributed by atoms with Crippen LogP contribution in [-0.4, -0.2) is 50.2 Å². The van der Waals surface area contributed by atoms with E-state index in [2.05, 4.69) is 63.6 Å². The quantitative estimate of drug-likeness (QED) is 0.612. The number of nitrogens with zero attached hydrogens (tertiary/aromatic N) is 5. The van der Waals surface area contributed by atoms with E-state index in [4.69, 9.17) is 9.52 Å². The molecule has 164 valence electrons. The summed E-state index contributed by atoms with van der Waals surface area (Å²) in [4.78, 5) is 9.76. The van der Waals surface area contributed by atoms with Gasteiger partial charge in [0.05, 0.1) is 6.20 Å². The first-order valence-electron chi connectivity index (χ1n) is 11.6. The van der Waals surface area contributed by atoms with Crippen molar-refractivity contribution in [3.8, 4) is 11.6 Å². The lowest BCUT2D eigenvalue weighted by atomic mass is 9.97. The van der Waals surface area contributed by atoms with Gasteiger partial charge in [-0.05, 0) is 52.3 Å². The monoisotopic (exact) mass is 419 g/mol. The van der Waals surface area contributed by atoms with Crippen LogP contribution >= 0.6 is 0 Å². The van der Waals surface area contributed by atoms with Crippen molar-refractivity contribution in [2.45, 2.75) is 65.2 Å². The van der Waals surface area contributed by atoms with Crippen LogP contribution < -0.4 is 0 Å². The molecule has 0 aliphatic carbocycles. The Hall–Kier alpha value is -2.44. The molecular weight excluding hydrogens is 386 g/mol. The van der Waals surface area contributed by atoms with E-state index in [9.17, 15) is 0 Å². The first-order chi connectivity index (χ1) is 15.1. The van der Waals surface area contributed by atoms with E-state index < -0.39 is 0 Å². The van der Waals surface area contributed by atoms with Crippen LogP contribution in [0.5, 0.6) is 0 Å². The van der Waals surface area contributed by atoms with E-state index in [-0.39, 0.29) is 0 Å². The Morgan fingerprint density at radius 3 is 2.55 bits per heavy atom. The molecule has 2 aliphatic heterocycles. The summed E-state index contributed by atoms with van der Waals surface area (Å²) in [5.41, 5.74) is 5.02. The van der Waals surface area contributed by atoms with E-state index >= 15 is 0 Å². The molecular formula is C25H33N5O. The van der Waals surface area contributed by atoms with Gasteiger partial charge in [0, 0.05) is 49.4 Å². The molecule has 5 rings (SSSR count). The topological polar surface area (TPSA) is 50.3 Å². The minimum atomic E-state index is 0.339. The van der Waals surface area contributed by atoms with Crippen molar-refractivity contribution in [3.63, 3.8) is 0 Å². The fourth-order valence-electron chi connectivity index (χ4n) is 5.13. The van der Waals surface area contributed by atoms with Gasteiger partial charge in [0.15, 0.2) is 5.69 Å². The number of fused-ring (bicyclic) bond motifs is 1. The Labute approximate surface area is 184 Å². The van der Waals surface area contributed by atoms with Crippen molar-refractivity contribution in [2.75, 3.05) is 19.6 Å². The Morgan fingerprint density at radius 2 is 1.87 bits per heavy atom. The summed E-state index contributed by atoms with van der Waals surface area (Å²) in [5, 5.41) is 4.94. The lowest BCUT2D eigenvalue weighted by Gasteiger charge is -2.40. The molecule has 2 aromatic heterocycles. The number of rotatable bonds is 5. The maximum absolute atomic E-state index is 5.87. The summed E-state index contributed by atoms with van der Waals surface area (Å²) in [6.07, 6.45) is 5.30. The Bertz CT molecular complexity index is 1010. The van der Waals surface area contributed by atoms with Crippen LogP contribution in [0.2, 0.25) is 0 Å². The number of aromatic nitrogens is 3. The van der Waals surface area contributed by atoms with Gasteiger partial charge in [-0.3, -0.25) is 14.5 Å². The highest BCUT2D eigenvalue weighted by atomic mass is 16.4. The molecule has 0 radical (unpaired) electrons. The molecule has 0 spiro atoms. The molecule has 0 bridgehead atoms. The molecule has 0 atom stereocenters. The van der Waals surface area contributed by atoms with Crippen molar-refractivity contribution in [3.05, 3.63) is 59.1 Å². The summed E-state index contributed by atoms with van der Waals surface area (Å²) in [6, 6.07) is 11.8. The molecule has 3 aromatic rings. The summed E-state index contributed by atoms with van der Waals surface area (Å²) in [5.74, 6) is 1.49. The molecule has 1 saturated heterocycles. The van der Waals surface area contributed by atoms with Crippen LogP contribution in [0.3, 0.4) is 0 Å². The highest BCUT2D eigenvalue weighted by Gasteiger charge is 2.32. The van der Waals surface area contributed by atoms with Crippen LogP contribution in [0, 0.1) is 6.92 Å². The Kier molecular flexibility index (Phi) is 5.67. The lowest BCUT2D eigenvalue weighted by molar-refractivity contribution is 0.0941. The van der Waals surface area contributed by atoms with Crippen LogP contribution in [0.15, 0.2) is 40.9 Å². The fraction of sp³-hybridized carbons (Fsp3) is 0.520. The second-order valence-corrected chi connectivity index (χ2v) is 9.30. The van der Waals surface area contributed by atoms with Crippen molar-refractivity contribution in [2.24, 2.45) is 0 Å². The molecule has 0 N–H and O–H groups in total. The second-order valence-electron chi connectivity index (χ2n) is 9.30. The highest BCUT2D eigenvalue weighted by Crippen LogP contribution is 2.33. The van der Waals surface area contributed by atoms with Crippen LogP contribution in [0.4, 0.5) is 0 Å². The summed E-state index contributed by atoms with van der Waals surface area (Å²) in [7, 11) is 0. The lowest BCUT2D eigenvalue weighted by Crippen LogP contribution is -2.46. The summed E-state index contributed by atoms with van der Waals surface area (Å²) in [6.45, 7) is 11.8. The molecule has 0 saturated carbocycles. The number of likely N-dealkylation sites (tertiary alicyclic amines) is 1. The number of benzene rings is 1. The molecule has 1 fully saturated rings. The van der Waals surface area contributed by atoms with Crippen LogP contribution in [0.1, 0.15) is 55.3 Å². The van der Waals surface area contributed by atoms with Gasteiger partial charge in [-0.25, -0.2) is 4.98 Å². The molecule has 1 aromatic carbocycles. The largest absolute Gasteiger partial charge is 0.440 e. The number of oxazole rings is 1. The number of aryl methyl sites for hydroxylation is 1. The maximum Gasteiger partial charge on any atom is 0.247 e. The minimum Gasteiger partial charge on any atom is -0.440 e. The van der Waals surface area contributed by atoms with Gasteiger partial charge in [0.25, 0.3) is 0 Å². The van der Waals surface area contributed by atoms with Crippen molar-refractivity contribution in [1.82, 2.24) is 24.6 Å². The second kappa shape index (κ2) is 8.60. The van der Waals surface area contributed by atoms with Crippen molar-refractivity contribution >= 4 is 0 Å². The molecule has 31 heavy (non-hydrogen) atoms. The zero-order valence-electron chi connectivity index (χ0n) is 18.9. The van der Waals surface area contributed by atoms with Gasteiger partial charge >= 0.3 is 0 Å². The van der Waals surface area contributed by atoms with Gasteiger partial charge in [-0.1, -0.05) is 30.3 Å². The predicted molar refractivity (Wildman–Crippen MR) is 122 cm³/mol. The van der Waals surface area contributed by atoms with E-state index in [1.807, 2.05) is 6.92 Å². The third-order valence-corrected chi connectivity index (χ3v) is 6.75. The molecule has 6 heteroatoms. The predicted octanol–water partition coefficient (Wildman–Crippen LogP) is 4.45. The average Bonchev–Trinajstić information content (AvgIpc) is 3.38. The third kappa shape index (κ3) is 4.19. The van der Waals surface area contributed by atoms with E-state index in [0.29, 0.717) is 18.0 Å². The molecule has 2 aliphatic rings. The molecule has 0 amide bonds. The average molecular weight is 420 g/mol. The highest BCUT2D eigenvalue weighted by molar-refractivity contribution is 5.55. The number of hydrogen-bond donors (Lipinski definition) is 0. The van der Waals surface area contributed by atoms with E-state index in [1.165, 1.54) is 42.8 Å². The Morgan fingerprint density at radius 1 is 1.10 bits per heavy atom. The number of piperidine rings is 1. The normalized spacial score (nSPS) is 18.6. The van der Waals surface area contributed by atoms with Gasteiger partial charge in [-0.2, -0.15) is 5.10 Å². The van der Waals surface area contributed by atoms with Gasteiger partial charge in [0.1, 0.15) is 5.76 Å². The minimum absolute atomic E-state index is 0.339. The first kappa shape index (κ1) is 20.5. The zero-order chi connectivity index (χ0) is 21.4. The molecule has 6 nitrogen and oxygen atoms in total. The van der Waals surface area contributed by atoms with Gasteiger partial charge < -0.3 is 4.42 Å². The fourth-order valence-corrected chi connectivity index (χ4v) is 5.13. The molecule has 4 heterocycles. The zero-order valence-corrected chi connectivity index (χ0v) is 18.9. The van der Waals surface area contributed by atoms with Crippen LogP contribution in [0.25, 0.3) is 11.6 Å². The standard InChI is InChI=1S/C25H33N5O/c1-18(2)30-23-11-14-29(17-22(23)24(27-30)25-26-15-19(3)31-25)21-9-12-28(13-10-21)16-20-7-5-4-6-8-20/h4-8,15,18,21H,9-14,16-17H2,1-3H3. The van der Waals surface area contributed by atoms with Crippen molar-refractivity contribution in [1.29, 1.82) is 0 Å².